The van der Waals surface area contributed by atoms with E-state index in [1.807, 2.05) is 0 Å². The molecule has 3 unspecified atom stereocenters. The third kappa shape index (κ3) is 2.88. The van der Waals surface area contributed by atoms with E-state index in [-0.39, 0.29) is 11.5 Å². The number of Topliss-reactive ketones (excluding diaryl/α,β-unsaturated/α-hetero) is 1. The van der Waals surface area contributed by atoms with Crippen LogP contribution in [-0.4, -0.2) is 25.8 Å². The molecule has 2 radical (unpaired) electrons. The summed E-state index contributed by atoms with van der Waals surface area (Å²) in [5.41, 5.74) is 1.07. The molecule has 1 aromatic rings. The number of phenolic OH excluding ortho intramolecular Hbond substituents is 1. The predicted octanol–water partition coefficient (Wildman–Crippen LogP) is 3.57. The lowest BCUT2D eigenvalue weighted by molar-refractivity contribution is -0.0155. The van der Waals surface area contributed by atoms with Crippen LogP contribution in [0.3, 0.4) is 0 Å². The molecule has 0 amide bonds. The third-order valence-corrected chi connectivity index (χ3v) is 6.07. The molecule has 1 aromatic carbocycles. The van der Waals surface area contributed by atoms with Gasteiger partial charge in [-0.2, -0.15) is 0 Å². The molecule has 0 aromatic heterocycles. The van der Waals surface area contributed by atoms with Crippen LogP contribution in [0, 0.1) is 29.6 Å². The molecule has 2 aliphatic rings. The second-order valence-electron chi connectivity index (χ2n) is 7.32. The van der Waals surface area contributed by atoms with E-state index in [1.54, 1.807) is 12.1 Å². The average Bonchev–Trinajstić information content (AvgIpc) is 3.37. The van der Waals surface area contributed by atoms with Gasteiger partial charge in [-0.3, -0.25) is 4.79 Å². The maximum atomic E-state index is 12.8. The normalized spacial score (nSPS) is 29.9. The number of carbonyl (C=O) groups is 1. The Kier molecular flexibility index (Phi) is 4.44. The van der Waals surface area contributed by atoms with Gasteiger partial charge in [0.2, 0.25) is 0 Å². The van der Waals surface area contributed by atoms with Gasteiger partial charge in [0.15, 0.2) is 5.78 Å². The zero-order valence-corrected chi connectivity index (χ0v) is 14.2. The van der Waals surface area contributed by atoms with Crippen LogP contribution in [0.5, 0.6) is 11.5 Å². The molecule has 122 valence electrons. The minimum atomic E-state index is -0.0164. The predicted molar refractivity (Wildman–Crippen MR) is 91.1 cm³/mol. The third-order valence-electron chi connectivity index (χ3n) is 6.07. The number of phenols is 1. The molecule has 3 nitrogen and oxygen atoms in total. The van der Waals surface area contributed by atoms with Crippen LogP contribution in [0.2, 0.25) is 0 Å². The second kappa shape index (κ2) is 6.22. The Hall–Kier alpha value is -1.45. The number of ether oxygens (including phenoxy) is 1. The van der Waals surface area contributed by atoms with Crippen molar-refractivity contribution >= 4 is 13.6 Å². The number of rotatable bonds is 6. The minimum Gasteiger partial charge on any atom is -0.507 e. The average molecular weight is 312 g/mol. The standard InChI is InChI=1S/C19H25BO3/c1-10-11(2)18(13-4-5-13)14(10)8-16(22)19-15(21)6-12(9-20)7-17(19)23-3/h6-7,10-11,13-14,18,21H,4-5,8-9H2,1-3H3/t10?,11?,14-,18?/m0/s1. The first kappa shape index (κ1) is 16.4. The molecule has 1 N–H and O–H groups in total. The van der Waals surface area contributed by atoms with E-state index in [9.17, 15) is 9.90 Å². The van der Waals surface area contributed by atoms with Gasteiger partial charge in [-0.1, -0.05) is 20.2 Å². The van der Waals surface area contributed by atoms with Crippen LogP contribution in [-0.2, 0) is 6.32 Å². The highest BCUT2D eigenvalue weighted by molar-refractivity contribution is 6.08. The Morgan fingerprint density at radius 3 is 2.57 bits per heavy atom. The van der Waals surface area contributed by atoms with Gasteiger partial charge in [0, 0.05) is 6.42 Å². The largest absolute Gasteiger partial charge is 0.507 e. The molecule has 4 atom stereocenters. The molecule has 0 aliphatic heterocycles. The van der Waals surface area contributed by atoms with Gasteiger partial charge in [-0.05, 0) is 60.1 Å². The van der Waals surface area contributed by atoms with Crippen molar-refractivity contribution in [2.75, 3.05) is 7.11 Å². The highest BCUT2D eigenvalue weighted by atomic mass is 16.5. The van der Waals surface area contributed by atoms with Crippen LogP contribution < -0.4 is 4.74 Å². The maximum Gasteiger partial charge on any atom is 0.170 e. The summed E-state index contributed by atoms with van der Waals surface area (Å²) in [6.07, 6.45) is 3.43. The molecular weight excluding hydrogens is 287 g/mol. The molecule has 2 aliphatic carbocycles. The van der Waals surface area contributed by atoms with E-state index >= 15 is 0 Å². The number of hydrogen-bond acceptors (Lipinski definition) is 3. The lowest BCUT2D eigenvalue weighted by atomic mass is 9.55. The molecular formula is C19H25BO3. The summed E-state index contributed by atoms with van der Waals surface area (Å²) in [5, 5.41) is 10.3. The van der Waals surface area contributed by atoms with Crippen molar-refractivity contribution in [3.05, 3.63) is 23.3 Å². The fraction of sp³-hybridized carbons (Fsp3) is 0.632. The Balaban J connectivity index is 1.80. The lowest BCUT2D eigenvalue weighted by Gasteiger charge is -2.50. The Bertz CT molecular complexity index is 609. The van der Waals surface area contributed by atoms with Crippen molar-refractivity contribution in [3.8, 4) is 11.5 Å². The van der Waals surface area contributed by atoms with Crippen LogP contribution in [0.4, 0.5) is 0 Å². The van der Waals surface area contributed by atoms with Crippen LogP contribution in [0.15, 0.2) is 12.1 Å². The number of hydrogen-bond donors (Lipinski definition) is 1. The Morgan fingerprint density at radius 2 is 2.00 bits per heavy atom. The van der Waals surface area contributed by atoms with E-state index in [0.29, 0.717) is 47.7 Å². The van der Waals surface area contributed by atoms with Gasteiger partial charge in [0.05, 0.1) is 15.0 Å². The van der Waals surface area contributed by atoms with E-state index in [4.69, 9.17) is 12.6 Å². The zero-order valence-electron chi connectivity index (χ0n) is 14.2. The summed E-state index contributed by atoms with van der Waals surface area (Å²) in [5.74, 6) is 3.59. The highest BCUT2D eigenvalue weighted by Crippen LogP contribution is 2.58. The number of aromatic hydroxyl groups is 1. The Labute approximate surface area is 139 Å². The fourth-order valence-electron chi connectivity index (χ4n) is 4.45. The molecule has 0 spiro atoms. The van der Waals surface area contributed by atoms with Gasteiger partial charge < -0.3 is 9.84 Å². The van der Waals surface area contributed by atoms with Gasteiger partial charge in [0.1, 0.15) is 17.1 Å². The van der Waals surface area contributed by atoms with E-state index in [1.165, 1.54) is 20.0 Å². The van der Waals surface area contributed by atoms with Gasteiger partial charge in [0.25, 0.3) is 0 Å². The van der Waals surface area contributed by atoms with Crippen molar-refractivity contribution in [1.82, 2.24) is 0 Å². The monoisotopic (exact) mass is 312 g/mol. The topological polar surface area (TPSA) is 46.5 Å². The maximum absolute atomic E-state index is 12.8. The van der Waals surface area contributed by atoms with E-state index < -0.39 is 0 Å². The summed E-state index contributed by atoms with van der Waals surface area (Å²) in [7, 11) is 7.14. The van der Waals surface area contributed by atoms with Gasteiger partial charge in [-0.25, -0.2) is 0 Å². The molecule has 0 saturated heterocycles. The summed E-state index contributed by atoms with van der Waals surface area (Å²) in [6, 6.07) is 3.32. The van der Waals surface area contributed by atoms with Crippen LogP contribution in [0.1, 0.15) is 49.0 Å². The van der Waals surface area contributed by atoms with Crippen molar-refractivity contribution < 1.29 is 14.6 Å². The van der Waals surface area contributed by atoms with E-state index in [2.05, 4.69) is 13.8 Å². The van der Waals surface area contributed by atoms with E-state index in [0.717, 1.165) is 11.5 Å². The molecule has 4 heteroatoms. The van der Waals surface area contributed by atoms with Gasteiger partial charge in [-0.15, -0.1) is 0 Å². The zero-order chi connectivity index (χ0) is 16.7. The van der Waals surface area contributed by atoms with Crippen molar-refractivity contribution in [2.24, 2.45) is 29.6 Å². The lowest BCUT2D eigenvalue weighted by Crippen LogP contribution is -2.45. The number of benzene rings is 1. The first-order chi connectivity index (χ1) is 11.0. The molecule has 0 heterocycles. The molecule has 23 heavy (non-hydrogen) atoms. The SMILES string of the molecule is [B]Cc1cc(O)c(C(=O)C[C@H]2C(C)C(C)C2C2CC2)c(OC)c1. The minimum absolute atomic E-state index is 0.0159. The summed E-state index contributed by atoms with van der Waals surface area (Å²) in [4.78, 5) is 12.8. The number of methoxy groups -OCH3 is 1. The number of carbonyl (C=O) groups excluding carboxylic acids is 1. The molecule has 2 saturated carbocycles. The summed E-state index contributed by atoms with van der Waals surface area (Å²) >= 11 is 0. The first-order valence-corrected chi connectivity index (χ1v) is 8.61. The second-order valence-corrected chi connectivity index (χ2v) is 7.32. The van der Waals surface area contributed by atoms with Crippen molar-refractivity contribution in [2.45, 2.75) is 39.4 Å². The quantitative estimate of drug-likeness (QED) is 0.645. The van der Waals surface area contributed by atoms with Crippen LogP contribution in [0.25, 0.3) is 0 Å². The number of ketones is 1. The van der Waals surface area contributed by atoms with Crippen molar-refractivity contribution in [3.63, 3.8) is 0 Å². The fourth-order valence-corrected chi connectivity index (χ4v) is 4.45. The molecule has 3 rings (SSSR count). The van der Waals surface area contributed by atoms with Crippen molar-refractivity contribution in [1.29, 1.82) is 0 Å². The smallest absolute Gasteiger partial charge is 0.170 e. The van der Waals surface area contributed by atoms with Crippen LogP contribution >= 0.6 is 0 Å². The Morgan fingerprint density at radius 1 is 1.30 bits per heavy atom. The highest BCUT2D eigenvalue weighted by Gasteiger charge is 2.52. The summed E-state index contributed by atoms with van der Waals surface area (Å²) in [6.45, 7) is 4.55. The van der Waals surface area contributed by atoms with Gasteiger partial charge >= 0.3 is 0 Å². The molecule has 2 fully saturated rings. The first-order valence-electron chi connectivity index (χ1n) is 8.61. The molecule has 0 bridgehead atoms. The summed E-state index contributed by atoms with van der Waals surface area (Å²) < 4.78 is 5.32.